The number of rotatable bonds is 4. The molecule has 0 radical (unpaired) electrons. The van der Waals surface area contributed by atoms with Crippen molar-refractivity contribution >= 4 is 21.8 Å². The first-order valence-corrected chi connectivity index (χ1v) is 6.38. The van der Waals surface area contributed by atoms with Crippen molar-refractivity contribution in [1.82, 2.24) is 15.1 Å². The van der Waals surface area contributed by atoms with Gasteiger partial charge in [-0.05, 0) is 41.9 Å². The molecule has 6 heteroatoms. The van der Waals surface area contributed by atoms with Gasteiger partial charge in [0.25, 0.3) is 0 Å². The van der Waals surface area contributed by atoms with Crippen LogP contribution < -0.4 is 5.32 Å². The van der Waals surface area contributed by atoms with Crippen LogP contribution in [0.1, 0.15) is 24.4 Å². The third-order valence-corrected chi connectivity index (χ3v) is 3.53. The minimum Gasteiger partial charge on any atom is -0.467 e. The summed E-state index contributed by atoms with van der Waals surface area (Å²) >= 11 is 3.37. The lowest BCUT2D eigenvalue weighted by Crippen LogP contribution is -2.31. The Kier molecular flexibility index (Phi) is 3.86. The highest BCUT2D eigenvalue weighted by molar-refractivity contribution is 9.10. The summed E-state index contributed by atoms with van der Waals surface area (Å²) in [6.45, 7) is 4.11. The summed E-state index contributed by atoms with van der Waals surface area (Å²) in [5.41, 5.74) is 0.927. The molecule has 1 atom stereocenters. The Balaban J connectivity index is 1.98. The molecule has 0 bridgehead atoms. The first kappa shape index (κ1) is 12.9. The summed E-state index contributed by atoms with van der Waals surface area (Å²) in [5, 5.41) is 6.98. The fraction of sp³-hybridized carbons (Fsp3) is 0.333. The summed E-state index contributed by atoms with van der Waals surface area (Å²) in [6.07, 6.45) is 3.27. The van der Waals surface area contributed by atoms with Crippen LogP contribution in [0.25, 0.3) is 0 Å². The van der Waals surface area contributed by atoms with E-state index < -0.39 is 0 Å². The third-order valence-electron chi connectivity index (χ3n) is 2.75. The number of furan rings is 1. The SMILES string of the molecule is Cc1c(Br)cnn1C(C)C(=O)NCc1ccco1. The Morgan fingerprint density at radius 2 is 2.44 bits per heavy atom. The highest BCUT2D eigenvalue weighted by Gasteiger charge is 2.18. The van der Waals surface area contributed by atoms with Gasteiger partial charge in [-0.15, -0.1) is 0 Å². The quantitative estimate of drug-likeness (QED) is 0.943. The van der Waals surface area contributed by atoms with Crippen LogP contribution in [0.4, 0.5) is 0 Å². The normalized spacial score (nSPS) is 12.4. The number of aromatic nitrogens is 2. The van der Waals surface area contributed by atoms with Gasteiger partial charge in [-0.2, -0.15) is 5.10 Å². The number of carbonyl (C=O) groups is 1. The molecule has 0 aromatic carbocycles. The topological polar surface area (TPSA) is 60.1 Å². The van der Waals surface area contributed by atoms with Crippen LogP contribution in [0, 0.1) is 6.92 Å². The molecule has 1 unspecified atom stereocenters. The first-order valence-electron chi connectivity index (χ1n) is 5.59. The Hall–Kier alpha value is -1.56. The van der Waals surface area contributed by atoms with Crippen molar-refractivity contribution in [2.75, 3.05) is 0 Å². The van der Waals surface area contributed by atoms with Gasteiger partial charge < -0.3 is 9.73 Å². The van der Waals surface area contributed by atoms with E-state index in [1.54, 1.807) is 23.2 Å². The molecule has 2 heterocycles. The second kappa shape index (κ2) is 5.39. The lowest BCUT2D eigenvalue weighted by Gasteiger charge is -2.13. The molecule has 2 aromatic rings. The van der Waals surface area contributed by atoms with Gasteiger partial charge in [-0.3, -0.25) is 9.48 Å². The number of nitrogens with zero attached hydrogens (tertiary/aromatic N) is 2. The minimum atomic E-state index is -0.355. The average Bonchev–Trinajstić information content (AvgIpc) is 2.97. The maximum absolute atomic E-state index is 12.0. The summed E-state index contributed by atoms with van der Waals surface area (Å²) < 4.78 is 7.73. The van der Waals surface area contributed by atoms with Gasteiger partial charge in [0.05, 0.1) is 29.2 Å². The zero-order valence-corrected chi connectivity index (χ0v) is 11.8. The van der Waals surface area contributed by atoms with Crippen molar-refractivity contribution in [3.05, 3.63) is 40.5 Å². The number of nitrogens with one attached hydrogen (secondary N) is 1. The Labute approximate surface area is 113 Å². The van der Waals surface area contributed by atoms with Crippen molar-refractivity contribution in [3.63, 3.8) is 0 Å². The number of halogens is 1. The van der Waals surface area contributed by atoms with Gasteiger partial charge in [-0.1, -0.05) is 0 Å². The monoisotopic (exact) mass is 311 g/mol. The van der Waals surface area contributed by atoms with Crippen molar-refractivity contribution in [1.29, 1.82) is 0 Å². The molecule has 2 rings (SSSR count). The van der Waals surface area contributed by atoms with E-state index in [2.05, 4.69) is 26.3 Å². The van der Waals surface area contributed by atoms with Gasteiger partial charge in [0.1, 0.15) is 11.8 Å². The predicted octanol–water partition coefficient (Wildman–Crippen LogP) is 2.42. The molecule has 0 aliphatic rings. The van der Waals surface area contributed by atoms with Crippen LogP contribution in [-0.2, 0) is 11.3 Å². The molecule has 0 aliphatic heterocycles. The van der Waals surface area contributed by atoms with Gasteiger partial charge in [-0.25, -0.2) is 0 Å². The maximum atomic E-state index is 12.0. The fourth-order valence-corrected chi connectivity index (χ4v) is 1.91. The van der Waals surface area contributed by atoms with Crippen molar-refractivity contribution in [2.45, 2.75) is 26.4 Å². The van der Waals surface area contributed by atoms with E-state index in [1.165, 1.54) is 0 Å². The molecule has 1 N–H and O–H groups in total. The van der Waals surface area contributed by atoms with Crippen LogP contribution in [0.5, 0.6) is 0 Å². The fourth-order valence-electron chi connectivity index (χ4n) is 1.64. The first-order chi connectivity index (χ1) is 8.59. The molecule has 0 aliphatic carbocycles. The van der Waals surface area contributed by atoms with Crippen molar-refractivity contribution in [3.8, 4) is 0 Å². The van der Waals surface area contributed by atoms with E-state index in [4.69, 9.17) is 4.42 Å². The summed E-state index contributed by atoms with van der Waals surface area (Å²) in [6, 6.07) is 3.26. The van der Waals surface area contributed by atoms with Gasteiger partial charge in [0, 0.05) is 0 Å². The minimum absolute atomic E-state index is 0.0925. The lowest BCUT2D eigenvalue weighted by atomic mass is 10.3. The zero-order valence-electron chi connectivity index (χ0n) is 10.2. The molecule has 0 saturated carbocycles. The van der Waals surface area contributed by atoms with Crippen molar-refractivity contribution in [2.24, 2.45) is 0 Å². The second-order valence-electron chi connectivity index (χ2n) is 4.00. The molecule has 5 nitrogen and oxygen atoms in total. The average molecular weight is 312 g/mol. The van der Waals surface area contributed by atoms with E-state index >= 15 is 0 Å². The van der Waals surface area contributed by atoms with E-state index in [-0.39, 0.29) is 11.9 Å². The van der Waals surface area contributed by atoms with Crippen LogP contribution in [0.3, 0.4) is 0 Å². The molecule has 1 amide bonds. The Morgan fingerprint density at radius 1 is 1.67 bits per heavy atom. The summed E-state index contributed by atoms with van der Waals surface area (Å²) in [5.74, 6) is 0.638. The molecule has 96 valence electrons. The van der Waals surface area contributed by atoms with Gasteiger partial charge in [0.2, 0.25) is 5.91 Å². The highest BCUT2D eigenvalue weighted by atomic mass is 79.9. The number of carbonyl (C=O) groups excluding carboxylic acids is 1. The molecule has 0 spiro atoms. The molecular weight excluding hydrogens is 298 g/mol. The summed E-state index contributed by atoms with van der Waals surface area (Å²) in [4.78, 5) is 12.0. The van der Waals surface area contributed by atoms with Crippen LogP contribution in [0.2, 0.25) is 0 Å². The Morgan fingerprint density at radius 3 is 3.00 bits per heavy atom. The van der Waals surface area contributed by atoms with Crippen LogP contribution in [0.15, 0.2) is 33.5 Å². The number of hydrogen-bond acceptors (Lipinski definition) is 3. The number of amides is 1. The second-order valence-corrected chi connectivity index (χ2v) is 4.85. The van der Waals surface area contributed by atoms with E-state index in [9.17, 15) is 4.79 Å². The molecule has 2 aromatic heterocycles. The molecule has 18 heavy (non-hydrogen) atoms. The summed E-state index contributed by atoms with van der Waals surface area (Å²) in [7, 11) is 0. The lowest BCUT2D eigenvalue weighted by molar-refractivity contribution is -0.124. The standard InChI is InChI=1S/C12H14BrN3O2/c1-8-11(13)7-15-16(8)9(2)12(17)14-6-10-4-3-5-18-10/h3-5,7,9H,6H2,1-2H3,(H,14,17). The van der Waals surface area contributed by atoms with Crippen molar-refractivity contribution < 1.29 is 9.21 Å². The predicted molar refractivity (Wildman–Crippen MR) is 69.9 cm³/mol. The van der Waals surface area contributed by atoms with E-state index in [0.717, 1.165) is 15.9 Å². The van der Waals surface area contributed by atoms with E-state index in [0.29, 0.717) is 6.54 Å². The maximum Gasteiger partial charge on any atom is 0.244 e. The van der Waals surface area contributed by atoms with Crippen LogP contribution >= 0.6 is 15.9 Å². The van der Waals surface area contributed by atoms with Crippen LogP contribution in [-0.4, -0.2) is 15.7 Å². The highest BCUT2D eigenvalue weighted by Crippen LogP contribution is 2.18. The molecular formula is C12H14BrN3O2. The zero-order chi connectivity index (χ0) is 13.1. The third kappa shape index (κ3) is 2.64. The van der Waals surface area contributed by atoms with E-state index in [1.807, 2.05) is 19.9 Å². The number of hydrogen-bond donors (Lipinski definition) is 1. The smallest absolute Gasteiger partial charge is 0.244 e. The largest absolute Gasteiger partial charge is 0.467 e. The Bertz CT molecular complexity index is 534. The van der Waals surface area contributed by atoms with Gasteiger partial charge in [0.15, 0.2) is 0 Å². The molecule has 0 fully saturated rings. The molecule has 0 saturated heterocycles. The van der Waals surface area contributed by atoms with Gasteiger partial charge >= 0.3 is 0 Å².